The van der Waals surface area contributed by atoms with Crippen LogP contribution in [0.15, 0.2) is 55.0 Å². The van der Waals surface area contributed by atoms with Crippen molar-refractivity contribution in [3.63, 3.8) is 0 Å². The van der Waals surface area contributed by atoms with Gasteiger partial charge in [0.15, 0.2) is 0 Å². The van der Waals surface area contributed by atoms with Crippen LogP contribution < -0.4 is 20.9 Å². The molecule has 0 aromatic carbocycles. The topological polar surface area (TPSA) is 230 Å². The van der Waals surface area contributed by atoms with Crippen LogP contribution in [0.2, 0.25) is 5.02 Å². The Balaban J connectivity index is 0.000000177. The second-order valence-corrected chi connectivity index (χ2v) is 11.5. The predicted molar refractivity (Wildman–Crippen MR) is 178 cm³/mol. The Morgan fingerprint density at radius 1 is 0.702 bits per heavy atom. The number of hydrogen-bond acceptors (Lipinski definition) is 14. The number of aliphatic hydroxyl groups excluding tert-OH is 3. The molecule has 0 aliphatic carbocycles. The number of pyridine rings is 3. The Morgan fingerprint density at radius 2 is 1.13 bits per heavy atom. The normalized spacial score (nSPS) is 17.2. The first-order valence-electron chi connectivity index (χ1n) is 15.3. The number of nitrogens with one attached hydrogen (secondary N) is 1. The highest BCUT2D eigenvalue weighted by Crippen LogP contribution is 2.23. The molecule has 17 heteroatoms. The molecule has 0 spiro atoms. The molecule has 256 valence electrons. The monoisotopic (exact) mass is 675 g/mol. The van der Waals surface area contributed by atoms with Gasteiger partial charge in [-0.05, 0) is 77.5 Å². The molecule has 0 unspecified atom stereocenters. The molecule has 3 aliphatic heterocycles. The quantitative estimate of drug-likeness (QED) is 0.198. The fourth-order valence-electron chi connectivity index (χ4n) is 4.89. The third kappa shape index (κ3) is 13.6. The average Bonchev–Trinajstić information content (AvgIpc) is 3.07. The van der Waals surface area contributed by atoms with E-state index in [2.05, 4.69) is 25.2 Å². The van der Waals surface area contributed by atoms with Crippen LogP contribution in [0.3, 0.4) is 0 Å². The summed E-state index contributed by atoms with van der Waals surface area (Å²) in [5, 5.41) is 51.7. The van der Waals surface area contributed by atoms with E-state index in [0.717, 1.165) is 76.3 Å². The van der Waals surface area contributed by atoms with Gasteiger partial charge in [-0.1, -0.05) is 11.6 Å². The van der Waals surface area contributed by atoms with Gasteiger partial charge in [-0.25, -0.2) is 4.98 Å². The molecule has 0 saturated carbocycles. The molecule has 3 aromatic heterocycles. The highest BCUT2D eigenvalue weighted by molar-refractivity contribution is 6.30. The zero-order valence-electron chi connectivity index (χ0n) is 26.0. The van der Waals surface area contributed by atoms with E-state index in [1.54, 1.807) is 12.3 Å². The number of nitrogen functional groups attached to an aromatic ring is 1. The number of aliphatic hydroxyl groups is 3. The van der Waals surface area contributed by atoms with Gasteiger partial charge in [-0.2, -0.15) is 0 Å². The molecule has 3 aliphatic rings. The Hall–Kier alpha value is -4.22. The van der Waals surface area contributed by atoms with Gasteiger partial charge in [-0.15, -0.1) is 0 Å². The molecule has 0 radical (unpaired) electrons. The van der Waals surface area contributed by atoms with Crippen molar-refractivity contribution >= 4 is 40.4 Å². The standard InChI is InChI=1S/C10H13N3O3.C10H15N3O.C5H3ClN2O2.C5H11NO/c14-9-2-5-12(6-3-9)8-1-4-11-10(7-8)13(15)16;11-10-7-8(1-4-12-10)13-5-2-9(14)3-6-13;6-4-1-2-7-5(3-4)8(9)10;7-5-1-3-6-4-2-5/h1,4,7,9,14H,2-3,5-6H2;1,4,7,9,14H,2-3,5-6H2,(H2,11,12);1-3H;5-7H,1-4H2. The molecule has 3 fully saturated rings. The van der Waals surface area contributed by atoms with Crippen molar-refractivity contribution in [3.8, 4) is 0 Å². The van der Waals surface area contributed by atoms with E-state index in [9.17, 15) is 30.4 Å². The summed E-state index contributed by atoms with van der Waals surface area (Å²) in [6.07, 6.45) is 8.99. The summed E-state index contributed by atoms with van der Waals surface area (Å²) in [6.45, 7) is 5.21. The van der Waals surface area contributed by atoms with E-state index in [1.807, 2.05) is 17.0 Å². The number of piperidine rings is 3. The molecule has 16 nitrogen and oxygen atoms in total. The van der Waals surface area contributed by atoms with E-state index in [-0.39, 0.29) is 29.9 Å². The van der Waals surface area contributed by atoms with E-state index in [0.29, 0.717) is 23.7 Å². The SMILES string of the molecule is Nc1cc(N2CCC(O)CC2)ccn1.O=[N+]([O-])c1cc(Cl)ccn1.O=[N+]([O-])c1cc(N2CCC(O)CC2)ccn1.OC1CCNCC1. The van der Waals surface area contributed by atoms with Gasteiger partial charge in [0, 0.05) is 61.9 Å². The van der Waals surface area contributed by atoms with Crippen LogP contribution in [0.1, 0.15) is 38.5 Å². The zero-order valence-corrected chi connectivity index (χ0v) is 26.7. The van der Waals surface area contributed by atoms with Crippen molar-refractivity contribution in [2.75, 3.05) is 54.8 Å². The Bertz CT molecular complexity index is 1400. The average molecular weight is 676 g/mol. The molecule has 6 heterocycles. The first-order chi connectivity index (χ1) is 22.5. The molecular formula is C30H42ClN9O7. The number of nitro groups is 2. The lowest BCUT2D eigenvalue weighted by Gasteiger charge is -2.31. The van der Waals surface area contributed by atoms with Crippen molar-refractivity contribution < 1.29 is 25.2 Å². The number of anilines is 3. The van der Waals surface area contributed by atoms with Gasteiger partial charge in [0.05, 0.1) is 35.5 Å². The van der Waals surface area contributed by atoms with Crippen LogP contribution in [0, 0.1) is 20.2 Å². The molecule has 3 saturated heterocycles. The van der Waals surface area contributed by atoms with Crippen LogP contribution in [0.25, 0.3) is 0 Å². The molecule has 0 amide bonds. The predicted octanol–water partition coefficient (Wildman–Crippen LogP) is 2.95. The minimum Gasteiger partial charge on any atom is -0.393 e. The second kappa shape index (κ2) is 19.4. The number of nitrogens with zero attached hydrogens (tertiary/aromatic N) is 7. The minimum atomic E-state index is -0.591. The van der Waals surface area contributed by atoms with E-state index < -0.39 is 9.85 Å². The van der Waals surface area contributed by atoms with Crippen molar-refractivity contribution in [2.24, 2.45) is 0 Å². The lowest BCUT2D eigenvalue weighted by atomic mass is 10.1. The molecular weight excluding hydrogens is 634 g/mol. The van der Waals surface area contributed by atoms with Crippen molar-refractivity contribution in [3.05, 3.63) is 80.2 Å². The van der Waals surface area contributed by atoms with Crippen LogP contribution in [-0.4, -0.2) is 97.7 Å². The van der Waals surface area contributed by atoms with E-state index in [4.69, 9.17) is 22.4 Å². The van der Waals surface area contributed by atoms with Gasteiger partial charge in [0.25, 0.3) is 0 Å². The van der Waals surface area contributed by atoms with E-state index >= 15 is 0 Å². The van der Waals surface area contributed by atoms with Crippen molar-refractivity contribution in [1.82, 2.24) is 20.3 Å². The van der Waals surface area contributed by atoms with Gasteiger partial charge < -0.3 is 56.4 Å². The summed E-state index contributed by atoms with van der Waals surface area (Å²) in [4.78, 5) is 34.9. The molecule has 6 rings (SSSR count). The van der Waals surface area contributed by atoms with Crippen LogP contribution in [0.5, 0.6) is 0 Å². The maximum absolute atomic E-state index is 10.6. The smallest absolute Gasteiger partial charge is 0.365 e. The largest absolute Gasteiger partial charge is 0.393 e. The number of nitrogens with two attached hydrogens (primary N) is 1. The first kappa shape index (κ1) is 37.2. The maximum Gasteiger partial charge on any atom is 0.365 e. The van der Waals surface area contributed by atoms with Crippen LogP contribution in [0.4, 0.5) is 28.8 Å². The van der Waals surface area contributed by atoms with Crippen LogP contribution >= 0.6 is 11.6 Å². The molecule has 0 atom stereocenters. The van der Waals surface area contributed by atoms with Crippen LogP contribution in [-0.2, 0) is 0 Å². The number of halogens is 1. The van der Waals surface area contributed by atoms with Gasteiger partial charge in [-0.3, -0.25) is 0 Å². The number of hydrogen-bond donors (Lipinski definition) is 5. The fraction of sp³-hybridized carbons (Fsp3) is 0.500. The number of aromatic nitrogens is 3. The molecule has 6 N–H and O–H groups in total. The summed E-state index contributed by atoms with van der Waals surface area (Å²) in [6, 6.07) is 9.73. The summed E-state index contributed by atoms with van der Waals surface area (Å²) in [7, 11) is 0. The Labute approximate surface area is 277 Å². The third-order valence-corrected chi connectivity index (χ3v) is 7.78. The van der Waals surface area contributed by atoms with Gasteiger partial charge >= 0.3 is 11.6 Å². The zero-order chi connectivity index (χ0) is 34.2. The van der Waals surface area contributed by atoms with Crippen molar-refractivity contribution in [2.45, 2.75) is 56.8 Å². The highest BCUT2D eigenvalue weighted by atomic mass is 35.5. The maximum atomic E-state index is 10.6. The number of rotatable bonds is 4. The Kier molecular flexibility index (Phi) is 15.4. The molecule has 47 heavy (non-hydrogen) atoms. The molecule has 3 aromatic rings. The van der Waals surface area contributed by atoms with Gasteiger partial charge in [0.1, 0.15) is 18.2 Å². The second-order valence-electron chi connectivity index (χ2n) is 11.1. The lowest BCUT2D eigenvalue weighted by molar-refractivity contribution is -0.389. The third-order valence-electron chi connectivity index (χ3n) is 7.54. The van der Waals surface area contributed by atoms with Gasteiger partial charge in [0.2, 0.25) is 0 Å². The van der Waals surface area contributed by atoms with E-state index in [1.165, 1.54) is 30.6 Å². The lowest BCUT2D eigenvalue weighted by Crippen LogP contribution is -2.35. The highest BCUT2D eigenvalue weighted by Gasteiger charge is 2.19. The Morgan fingerprint density at radius 3 is 1.53 bits per heavy atom. The summed E-state index contributed by atoms with van der Waals surface area (Å²) >= 11 is 5.44. The fourth-order valence-corrected chi connectivity index (χ4v) is 5.04. The minimum absolute atomic E-state index is 0.0266. The summed E-state index contributed by atoms with van der Waals surface area (Å²) < 4.78 is 0. The van der Waals surface area contributed by atoms with Crippen molar-refractivity contribution in [1.29, 1.82) is 0 Å². The first-order valence-corrected chi connectivity index (χ1v) is 15.7. The summed E-state index contributed by atoms with van der Waals surface area (Å²) in [5.74, 6) is 0.185. The molecule has 0 bridgehead atoms. The summed E-state index contributed by atoms with van der Waals surface area (Å²) in [5.41, 5.74) is 7.51.